The predicted molar refractivity (Wildman–Crippen MR) is 125 cm³/mol. The van der Waals surface area contributed by atoms with E-state index in [1.807, 2.05) is 0 Å². The zero-order chi connectivity index (χ0) is 24.2. The monoisotopic (exact) mass is 467 g/mol. The van der Waals surface area contributed by atoms with Crippen LogP contribution >= 0.6 is 0 Å². The van der Waals surface area contributed by atoms with Gasteiger partial charge in [0, 0.05) is 22.9 Å². The molecule has 0 atom stereocenters. The average molecular weight is 468 g/mol. The number of nitrogens with one attached hydrogen (secondary N) is 2. The molecule has 9 heteroatoms. The van der Waals surface area contributed by atoms with Crippen molar-refractivity contribution in [2.24, 2.45) is 0 Å². The summed E-state index contributed by atoms with van der Waals surface area (Å²) >= 11 is 0. The number of hydrogen-bond donors (Lipinski definition) is 2. The van der Waals surface area contributed by atoms with E-state index >= 15 is 0 Å². The first-order valence-corrected chi connectivity index (χ1v) is 11.6. The number of amides is 1. The highest BCUT2D eigenvalue weighted by molar-refractivity contribution is 7.89. The van der Waals surface area contributed by atoms with E-state index in [0.717, 1.165) is 0 Å². The molecule has 1 heterocycles. The van der Waals surface area contributed by atoms with Crippen molar-refractivity contribution in [2.75, 3.05) is 12.4 Å². The maximum Gasteiger partial charge on any atom is 0.341 e. The largest absolute Gasteiger partial charge is 0.465 e. The van der Waals surface area contributed by atoms with Crippen LogP contribution in [-0.4, -0.2) is 37.9 Å². The van der Waals surface area contributed by atoms with Crippen molar-refractivity contribution in [1.82, 2.24) is 9.71 Å². The molecule has 0 unspecified atom stereocenters. The Morgan fingerprint density at radius 2 is 1.61 bits per heavy atom. The summed E-state index contributed by atoms with van der Waals surface area (Å²) in [5.41, 5.74) is 0.958. The molecule has 33 heavy (non-hydrogen) atoms. The average Bonchev–Trinajstić information content (AvgIpc) is 2.77. The fourth-order valence-corrected chi connectivity index (χ4v) is 4.81. The van der Waals surface area contributed by atoms with Crippen LogP contribution in [0.4, 0.5) is 5.82 Å². The van der Waals surface area contributed by atoms with Crippen LogP contribution in [0, 0.1) is 0 Å². The van der Waals surface area contributed by atoms with Crippen LogP contribution in [0.25, 0.3) is 11.1 Å². The Balaban J connectivity index is 1.88. The Morgan fingerprint density at radius 1 is 0.939 bits per heavy atom. The van der Waals surface area contributed by atoms with Crippen molar-refractivity contribution in [3.8, 4) is 11.1 Å². The summed E-state index contributed by atoms with van der Waals surface area (Å²) in [6.07, 6.45) is 1.45. The van der Waals surface area contributed by atoms with Gasteiger partial charge in [0.15, 0.2) is 0 Å². The van der Waals surface area contributed by atoms with Crippen molar-refractivity contribution in [1.29, 1.82) is 0 Å². The summed E-state index contributed by atoms with van der Waals surface area (Å²) in [5.74, 6) is -1.00. The lowest BCUT2D eigenvalue weighted by molar-refractivity contribution is 0.0601. The van der Waals surface area contributed by atoms with Gasteiger partial charge in [0.25, 0.3) is 5.91 Å². The topological polar surface area (TPSA) is 114 Å². The van der Waals surface area contributed by atoms with Crippen LogP contribution in [0.15, 0.2) is 71.8 Å². The lowest BCUT2D eigenvalue weighted by atomic mass is 10.0. The van der Waals surface area contributed by atoms with Gasteiger partial charge in [-0.2, -0.15) is 0 Å². The van der Waals surface area contributed by atoms with Crippen LogP contribution in [0.2, 0.25) is 0 Å². The van der Waals surface area contributed by atoms with E-state index in [9.17, 15) is 18.0 Å². The van der Waals surface area contributed by atoms with E-state index < -0.39 is 27.4 Å². The van der Waals surface area contributed by atoms with Gasteiger partial charge in [0.05, 0.1) is 12.0 Å². The molecule has 0 fully saturated rings. The van der Waals surface area contributed by atoms with Crippen LogP contribution in [0.1, 0.15) is 41.5 Å². The summed E-state index contributed by atoms with van der Waals surface area (Å²) < 4.78 is 33.2. The summed E-state index contributed by atoms with van der Waals surface area (Å²) in [7, 11) is -2.52. The normalized spacial score (nSPS) is 11.6. The number of benzene rings is 2. The lowest BCUT2D eigenvalue weighted by Crippen LogP contribution is -2.40. The molecule has 8 nitrogen and oxygen atoms in total. The van der Waals surface area contributed by atoms with Crippen LogP contribution in [-0.2, 0) is 14.8 Å². The van der Waals surface area contributed by atoms with Crippen molar-refractivity contribution >= 4 is 27.7 Å². The summed E-state index contributed by atoms with van der Waals surface area (Å²) in [6.45, 7) is 5.31. The first kappa shape index (κ1) is 24.1. The molecule has 0 aliphatic carbocycles. The van der Waals surface area contributed by atoms with Gasteiger partial charge in [-0.3, -0.25) is 4.79 Å². The lowest BCUT2D eigenvalue weighted by Gasteiger charge is -2.21. The number of carbonyl (C=O) groups is 2. The number of sulfonamides is 1. The van der Waals surface area contributed by atoms with E-state index in [2.05, 4.69) is 15.0 Å². The zero-order valence-electron chi connectivity index (χ0n) is 18.7. The number of rotatable bonds is 6. The molecule has 0 aliphatic rings. The number of methoxy groups -OCH3 is 1. The minimum atomic E-state index is -3.76. The Morgan fingerprint density at radius 3 is 2.24 bits per heavy atom. The maximum atomic E-state index is 12.9. The van der Waals surface area contributed by atoms with Gasteiger partial charge in [-0.05, 0) is 56.7 Å². The highest BCUT2D eigenvalue weighted by Crippen LogP contribution is 2.28. The third kappa shape index (κ3) is 5.82. The molecule has 0 spiro atoms. The SMILES string of the molecule is COC(=O)c1cccnc1NC(=O)c1ccc(-c2ccccc2S(=O)(=O)NC(C)(C)C)cc1. The Bertz CT molecular complexity index is 1280. The Labute approximate surface area is 193 Å². The van der Waals surface area contributed by atoms with E-state index in [-0.39, 0.29) is 16.3 Å². The van der Waals surface area contributed by atoms with E-state index in [1.54, 1.807) is 75.4 Å². The molecule has 172 valence electrons. The highest BCUT2D eigenvalue weighted by atomic mass is 32.2. The smallest absolute Gasteiger partial charge is 0.341 e. The second kappa shape index (κ2) is 9.51. The van der Waals surface area contributed by atoms with Crippen molar-refractivity contribution in [3.05, 3.63) is 78.0 Å². The fraction of sp³-hybridized carbons (Fsp3) is 0.208. The van der Waals surface area contributed by atoms with Crippen molar-refractivity contribution in [3.63, 3.8) is 0 Å². The Kier molecular flexibility index (Phi) is 6.95. The minimum absolute atomic E-state index is 0.0862. The molecule has 2 N–H and O–H groups in total. The van der Waals surface area contributed by atoms with E-state index in [4.69, 9.17) is 4.74 Å². The number of nitrogens with zero attached hydrogens (tertiary/aromatic N) is 1. The molecule has 1 amide bonds. The number of aromatic nitrogens is 1. The van der Waals surface area contributed by atoms with E-state index in [0.29, 0.717) is 16.7 Å². The first-order chi connectivity index (χ1) is 15.5. The van der Waals surface area contributed by atoms with Crippen molar-refractivity contribution in [2.45, 2.75) is 31.2 Å². The molecule has 2 aromatic carbocycles. The molecule has 0 radical (unpaired) electrons. The molecule has 0 saturated heterocycles. The van der Waals surface area contributed by atoms with Gasteiger partial charge in [0.1, 0.15) is 11.4 Å². The number of esters is 1. The second-order valence-electron chi connectivity index (χ2n) is 8.27. The molecule has 0 aliphatic heterocycles. The third-order valence-electron chi connectivity index (χ3n) is 4.52. The standard InChI is InChI=1S/C24H25N3O5S/c1-24(2,3)27-33(30,31)20-10-6-5-8-18(20)16-11-13-17(14-12-16)22(28)26-21-19(23(29)32-4)9-7-15-25-21/h5-15,27H,1-4H3,(H,25,26,28). The molecule has 0 saturated carbocycles. The van der Waals surface area contributed by atoms with Gasteiger partial charge in [-0.1, -0.05) is 30.3 Å². The van der Waals surface area contributed by atoms with Gasteiger partial charge < -0.3 is 10.1 Å². The fourth-order valence-electron chi connectivity index (χ4n) is 3.16. The number of hydrogen-bond acceptors (Lipinski definition) is 6. The zero-order valence-corrected chi connectivity index (χ0v) is 19.6. The molecular weight excluding hydrogens is 442 g/mol. The third-order valence-corrected chi connectivity index (χ3v) is 6.34. The number of carbonyl (C=O) groups excluding carboxylic acids is 2. The van der Waals surface area contributed by atoms with Gasteiger partial charge >= 0.3 is 5.97 Å². The van der Waals surface area contributed by atoms with Gasteiger partial charge in [-0.15, -0.1) is 0 Å². The quantitative estimate of drug-likeness (QED) is 0.532. The van der Waals surface area contributed by atoms with Gasteiger partial charge in [-0.25, -0.2) is 22.9 Å². The maximum absolute atomic E-state index is 12.9. The van der Waals surface area contributed by atoms with Crippen LogP contribution in [0.3, 0.4) is 0 Å². The second-order valence-corrected chi connectivity index (χ2v) is 9.93. The number of ether oxygens (including phenoxy) is 1. The summed E-state index contributed by atoms with van der Waals surface area (Å²) in [5, 5.41) is 2.61. The Hall–Kier alpha value is -3.56. The molecule has 3 aromatic rings. The minimum Gasteiger partial charge on any atom is -0.465 e. The number of pyridine rings is 1. The van der Waals surface area contributed by atoms with Crippen LogP contribution < -0.4 is 10.0 Å². The molecular formula is C24H25N3O5S. The molecule has 0 bridgehead atoms. The first-order valence-electron chi connectivity index (χ1n) is 10.1. The molecule has 3 rings (SSSR count). The van der Waals surface area contributed by atoms with E-state index in [1.165, 1.54) is 19.4 Å². The predicted octanol–water partition coefficient (Wildman–Crippen LogP) is 3.86. The highest BCUT2D eigenvalue weighted by Gasteiger charge is 2.25. The van der Waals surface area contributed by atoms with Gasteiger partial charge in [0.2, 0.25) is 10.0 Å². The van der Waals surface area contributed by atoms with Crippen molar-refractivity contribution < 1.29 is 22.7 Å². The molecule has 1 aromatic heterocycles. The number of anilines is 1. The van der Waals surface area contributed by atoms with Crippen LogP contribution in [0.5, 0.6) is 0 Å². The summed E-state index contributed by atoms with van der Waals surface area (Å²) in [4.78, 5) is 28.8. The summed E-state index contributed by atoms with van der Waals surface area (Å²) in [6, 6.07) is 16.2.